The zero-order valence-electron chi connectivity index (χ0n) is 10.9. The molecule has 0 unspecified atom stereocenters. The van der Waals surface area contributed by atoms with Gasteiger partial charge in [0, 0.05) is 13.7 Å². The summed E-state index contributed by atoms with van der Waals surface area (Å²) in [5.41, 5.74) is 0.0224. The van der Waals surface area contributed by atoms with Crippen molar-refractivity contribution in [3.8, 4) is 0 Å². The molecule has 0 saturated heterocycles. The van der Waals surface area contributed by atoms with Crippen molar-refractivity contribution in [2.24, 2.45) is 0 Å². The number of ether oxygens (including phenoxy) is 1. The van der Waals surface area contributed by atoms with E-state index >= 15 is 0 Å². The van der Waals surface area contributed by atoms with Gasteiger partial charge in [-0.25, -0.2) is 0 Å². The van der Waals surface area contributed by atoms with E-state index in [1.54, 1.807) is 18.0 Å². The second-order valence-electron chi connectivity index (χ2n) is 4.80. The average molecular weight is 315 g/mol. The fraction of sp³-hybridized carbons (Fsp3) is 0.692. The molecular formula is C13H19BrN2O2. The summed E-state index contributed by atoms with van der Waals surface area (Å²) < 4.78 is 8.11. The highest BCUT2D eigenvalue weighted by Crippen LogP contribution is 2.37. The van der Waals surface area contributed by atoms with E-state index in [-0.39, 0.29) is 5.78 Å². The standard InChI is InChI=1S/C13H19BrN2O2/c1-3-8-16-11(10(14)9-15-16)12(17)13(18-2)6-4-5-7-13/h9H,3-8H2,1-2H3. The molecule has 0 N–H and O–H groups in total. The van der Waals surface area contributed by atoms with Gasteiger partial charge < -0.3 is 4.74 Å². The third-order valence-electron chi connectivity index (χ3n) is 3.66. The molecule has 1 aliphatic carbocycles. The molecule has 18 heavy (non-hydrogen) atoms. The molecule has 0 atom stereocenters. The first kappa shape index (κ1) is 13.7. The van der Waals surface area contributed by atoms with Gasteiger partial charge in [0.05, 0.1) is 10.7 Å². The summed E-state index contributed by atoms with van der Waals surface area (Å²) in [6.45, 7) is 2.83. The summed E-state index contributed by atoms with van der Waals surface area (Å²) in [4.78, 5) is 12.8. The fourth-order valence-electron chi connectivity index (χ4n) is 2.66. The van der Waals surface area contributed by atoms with Gasteiger partial charge in [0.1, 0.15) is 11.3 Å². The van der Waals surface area contributed by atoms with Gasteiger partial charge in [-0.15, -0.1) is 0 Å². The minimum atomic E-state index is -0.631. The number of carbonyl (C=O) groups excluding carboxylic acids is 1. The average Bonchev–Trinajstić information content (AvgIpc) is 2.97. The van der Waals surface area contributed by atoms with Crippen molar-refractivity contribution in [2.75, 3.05) is 7.11 Å². The third-order valence-corrected chi connectivity index (χ3v) is 4.24. The Morgan fingerprint density at radius 1 is 1.56 bits per heavy atom. The summed E-state index contributed by atoms with van der Waals surface area (Å²) in [6, 6.07) is 0. The van der Waals surface area contributed by atoms with Crippen molar-refractivity contribution in [1.29, 1.82) is 0 Å². The topological polar surface area (TPSA) is 44.1 Å². The van der Waals surface area contributed by atoms with Crippen molar-refractivity contribution < 1.29 is 9.53 Å². The molecule has 1 saturated carbocycles. The van der Waals surface area contributed by atoms with Crippen molar-refractivity contribution in [2.45, 2.75) is 51.2 Å². The first-order valence-electron chi connectivity index (χ1n) is 6.46. The molecule has 0 aliphatic heterocycles. The maximum atomic E-state index is 12.8. The van der Waals surface area contributed by atoms with E-state index in [9.17, 15) is 4.79 Å². The van der Waals surface area contributed by atoms with Crippen LogP contribution in [0.4, 0.5) is 0 Å². The molecule has 0 amide bonds. The Bertz CT molecular complexity index is 436. The van der Waals surface area contributed by atoms with Crippen LogP contribution in [0.3, 0.4) is 0 Å². The van der Waals surface area contributed by atoms with E-state index in [2.05, 4.69) is 28.0 Å². The van der Waals surface area contributed by atoms with E-state index in [4.69, 9.17) is 4.74 Å². The molecule has 0 spiro atoms. The lowest BCUT2D eigenvalue weighted by Gasteiger charge is -2.26. The van der Waals surface area contributed by atoms with Gasteiger partial charge in [-0.2, -0.15) is 5.10 Å². The molecule has 4 nitrogen and oxygen atoms in total. The molecule has 0 radical (unpaired) electrons. The number of aromatic nitrogens is 2. The summed E-state index contributed by atoms with van der Waals surface area (Å²) >= 11 is 3.43. The van der Waals surface area contributed by atoms with Crippen molar-refractivity contribution in [3.05, 3.63) is 16.4 Å². The summed E-state index contributed by atoms with van der Waals surface area (Å²) in [7, 11) is 1.64. The predicted molar refractivity (Wildman–Crippen MR) is 72.8 cm³/mol. The van der Waals surface area contributed by atoms with E-state index < -0.39 is 5.60 Å². The second-order valence-corrected chi connectivity index (χ2v) is 5.65. The molecule has 0 aromatic carbocycles. The van der Waals surface area contributed by atoms with Crippen LogP contribution in [-0.4, -0.2) is 28.3 Å². The second kappa shape index (κ2) is 5.53. The van der Waals surface area contributed by atoms with Crippen LogP contribution in [0.25, 0.3) is 0 Å². The van der Waals surface area contributed by atoms with Crippen LogP contribution in [0, 0.1) is 0 Å². The monoisotopic (exact) mass is 314 g/mol. The molecule has 5 heteroatoms. The van der Waals surface area contributed by atoms with E-state index in [1.165, 1.54) is 0 Å². The van der Waals surface area contributed by atoms with Crippen molar-refractivity contribution in [1.82, 2.24) is 9.78 Å². The van der Waals surface area contributed by atoms with Crippen LogP contribution >= 0.6 is 15.9 Å². The lowest BCUT2D eigenvalue weighted by atomic mass is 9.94. The van der Waals surface area contributed by atoms with E-state index in [0.717, 1.165) is 43.1 Å². The molecule has 2 rings (SSSR count). The number of aryl methyl sites for hydroxylation is 1. The number of Topliss-reactive ketones (excluding diaryl/α,β-unsaturated/α-hetero) is 1. The number of halogens is 1. The number of rotatable bonds is 5. The largest absolute Gasteiger partial charge is 0.370 e. The number of hydrogen-bond acceptors (Lipinski definition) is 3. The normalized spacial score (nSPS) is 18.2. The number of carbonyl (C=O) groups is 1. The first-order valence-corrected chi connectivity index (χ1v) is 7.25. The summed E-state index contributed by atoms with van der Waals surface area (Å²) in [6.07, 6.45) is 6.38. The number of hydrogen-bond donors (Lipinski definition) is 0. The van der Waals surface area contributed by atoms with Crippen LogP contribution < -0.4 is 0 Å². The van der Waals surface area contributed by atoms with Gasteiger partial charge in [-0.3, -0.25) is 9.48 Å². The van der Waals surface area contributed by atoms with E-state index in [1.807, 2.05) is 0 Å². The van der Waals surface area contributed by atoms with Gasteiger partial charge >= 0.3 is 0 Å². The SMILES string of the molecule is CCCn1ncc(Br)c1C(=O)C1(OC)CCCC1. The lowest BCUT2D eigenvalue weighted by Crippen LogP contribution is -2.39. The van der Waals surface area contributed by atoms with Crippen molar-refractivity contribution in [3.63, 3.8) is 0 Å². The maximum Gasteiger partial charge on any atom is 0.213 e. The zero-order valence-corrected chi connectivity index (χ0v) is 12.5. The Kier molecular flexibility index (Phi) is 4.22. The molecule has 1 heterocycles. The van der Waals surface area contributed by atoms with Crippen LogP contribution in [-0.2, 0) is 11.3 Å². The molecule has 1 aromatic rings. The molecule has 1 aromatic heterocycles. The Morgan fingerprint density at radius 3 is 2.78 bits per heavy atom. The van der Waals surface area contributed by atoms with E-state index in [0.29, 0.717) is 5.69 Å². The molecule has 0 bridgehead atoms. The highest BCUT2D eigenvalue weighted by Gasteiger charge is 2.43. The first-order chi connectivity index (χ1) is 8.64. The molecular weight excluding hydrogens is 296 g/mol. The predicted octanol–water partition coefficient (Wildman–Crippen LogP) is 3.20. The Hall–Kier alpha value is -0.680. The molecule has 1 aliphatic rings. The van der Waals surface area contributed by atoms with Crippen LogP contribution in [0.15, 0.2) is 10.7 Å². The minimum absolute atomic E-state index is 0.0697. The fourth-order valence-corrected chi connectivity index (χ4v) is 3.13. The number of methoxy groups -OCH3 is 1. The van der Waals surface area contributed by atoms with Gasteiger partial charge in [0.25, 0.3) is 0 Å². The van der Waals surface area contributed by atoms with Gasteiger partial charge in [-0.1, -0.05) is 6.92 Å². The molecule has 100 valence electrons. The van der Waals surface area contributed by atoms with Crippen LogP contribution in [0.2, 0.25) is 0 Å². The van der Waals surface area contributed by atoms with Crippen LogP contribution in [0.5, 0.6) is 0 Å². The van der Waals surface area contributed by atoms with Crippen molar-refractivity contribution >= 4 is 21.7 Å². The summed E-state index contributed by atoms with van der Waals surface area (Å²) in [5, 5.41) is 4.26. The number of nitrogens with zero attached hydrogens (tertiary/aromatic N) is 2. The smallest absolute Gasteiger partial charge is 0.213 e. The zero-order chi connectivity index (χ0) is 13.2. The quantitative estimate of drug-likeness (QED) is 0.784. The lowest BCUT2D eigenvalue weighted by molar-refractivity contribution is 0.00506. The highest BCUT2D eigenvalue weighted by atomic mass is 79.9. The Labute approximate surface area is 116 Å². The molecule has 1 fully saturated rings. The Balaban J connectivity index is 2.35. The minimum Gasteiger partial charge on any atom is -0.370 e. The summed E-state index contributed by atoms with van der Waals surface area (Å²) in [5.74, 6) is 0.0697. The van der Waals surface area contributed by atoms with Crippen LogP contribution in [0.1, 0.15) is 49.5 Å². The van der Waals surface area contributed by atoms with Gasteiger partial charge in [-0.05, 0) is 48.0 Å². The highest BCUT2D eigenvalue weighted by molar-refractivity contribution is 9.10. The Morgan fingerprint density at radius 2 is 2.22 bits per heavy atom. The third kappa shape index (κ3) is 2.26. The van der Waals surface area contributed by atoms with Gasteiger partial charge in [0.15, 0.2) is 0 Å². The number of ketones is 1. The maximum absolute atomic E-state index is 12.8. The van der Waals surface area contributed by atoms with Gasteiger partial charge in [0.2, 0.25) is 5.78 Å².